The molecule has 112 valence electrons. The monoisotopic (exact) mass is 278 g/mol. The molecule has 1 unspecified atom stereocenters. The van der Waals surface area contributed by atoms with Crippen LogP contribution in [-0.4, -0.2) is 49.9 Å². The molecule has 1 aliphatic rings. The molecule has 0 spiro atoms. The summed E-state index contributed by atoms with van der Waals surface area (Å²) in [7, 11) is 5.85. The second-order valence-corrected chi connectivity index (χ2v) is 5.77. The van der Waals surface area contributed by atoms with Gasteiger partial charge < -0.3 is 20.1 Å². The Bertz CT molecular complexity index is 423. The molecule has 1 aromatic rings. The van der Waals surface area contributed by atoms with E-state index in [0.29, 0.717) is 0 Å². The van der Waals surface area contributed by atoms with Crippen LogP contribution in [0.5, 0.6) is 5.75 Å². The Hall–Kier alpha value is -1.10. The van der Waals surface area contributed by atoms with Gasteiger partial charge in [0.25, 0.3) is 0 Å². The number of rotatable bonds is 6. The lowest BCUT2D eigenvalue weighted by Gasteiger charge is -2.28. The zero-order valence-corrected chi connectivity index (χ0v) is 12.7. The van der Waals surface area contributed by atoms with Crippen LogP contribution in [0, 0.1) is 0 Å². The summed E-state index contributed by atoms with van der Waals surface area (Å²) < 4.78 is 5.30. The highest BCUT2D eigenvalue weighted by atomic mass is 16.5. The number of likely N-dealkylation sites (N-methyl/N-ethyl adjacent to an activating group) is 1. The van der Waals surface area contributed by atoms with Crippen LogP contribution in [0.4, 0.5) is 0 Å². The van der Waals surface area contributed by atoms with Gasteiger partial charge in [-0.3, -0.25) is 0 Å². The minimum atomic E-state index is -0.192. The SMILES string of the molecule is COc1cccc(C(CN[C@@H]2CCC[C@H]2O)N(C)C)c1. The van der Waals surface area contributed by atoms with Crippen LogP contribution >= 0.6 is 0 Å². The molecule has 20 heavy (non-hydrogen) atoms. The first-order valence-electron chi connectivity index (χ1n) is 7.33. The number of methoxy groups -OCH3 is 1. The normalized spacial score (nSPS) is 24.1. The summed E-state index contributed by atoms with van der Waals surface area (Å²) >= 11 is 0. The van der Waals surface area contributed by atoms with Crippen molar-refractivity contribution in [1.29, 1.82) is 0 Å². The minimum absolute atomic E-state index is 0.192. The van der Waals surface area contributed by atoms with E-state index < -0.39 is 0 Å². The van der Waals surface area contributed by atoms with Crippen molar-refractivity contribution in [3.8, 4) is 5.75 Å². The van der Waals surface area contributed by atoms with E-state index in [4.69, 9.17) is 4.74 Å². The van der Waals surface area contributed by atoms with Crippen LogP contribution in [-0.2, 0) is 0 Å². The van der Waals surface area contributed by atoms with Gasteiger partial charge in [0, 0.05) is 18.6 Å². The molecule has 0 bridgehead atoms. The molecule has 0 saturated heterocycles. The Kier molecular flexibility index (Phi) is 5.40. The molecule has 0 radical (unpaired) electrons. The molecule has 2 N–H and O–H groups in total. The van der Waals surface area contributed by atoms with E-state index in [1.807, 2.05) is 12.1 Å². The average Bonchev–Trinajstić information content (AvgIpc) is 2.84. The molecule has 4 nitrogen and oxygen atoms in total. The van der Waals surface area contributed by atoms with Crippen LogP contribution in [0.2, 0.25) is 0 Å². The van der Waals surface area contributed by atoms with Crippen molar-refractivity contribution < 1.29 is 9.84 Å². The highest BCUT2D eigenvalue weighted by Gasteiger charge is 2.26. The fourth-order valence-corrected chi connectivity index (χ4v) is 2.89. The van der Waals surface area contributed by atoms with Crippen molar-refractivity contribution in [3.05, 3.63) is 29.8 Å². The van der Waals surface area contributed by atoms with Gasteiger partial charge in [-0.15, -0.1) is 0 Å². The van der Waals surface area contributed by atoms with Gasteiger partial charge in [0.2, 0.25) is 0 Å². The number of hydrogen-bond donors (Lipinski definition) is 2. The standard InChI is InChI=1S/C16H26N2O2/c1-18(2)15(11-17-14-8-5-9-16(14)19)12-6-4-7-13(10-12)20-3/h4,6-7,10,14-17,19H,5,8-9,11H2,1-3H3/t14-,15?,16-/m1/s1. The molecule has 3 atom stereocenters. The maximum atomic E-state index is 9.90. The number of nitrogens with one attached hydrogen (secondary N) is 1. The first-order valence-corrected chi connectivity index (χ1v) is 7.33. The summed E-state index contributed by atoms with van der Waals surface area (Å²) in [6.07, 6.45) is 2.91. The van der Waals surface area contributed by atoms with E-state index in [1.54, 1.807) is 7.11 Å². The van der Waals surface area contributed by atoms with Gasteiger partial charge in [-0.2, -0.15) is 0 Å². The Morgan fingerprint density at radius 3 is 2.80 bits per heavy atom. The predicted molar refractivity (Wildman–Crippen MR) is 81.1 cm³/mol. The lowest BCUT2D eigenvalue weighted by atomic mass is 10.0. The summed E-state index contributed by atoms with van der Waals surface area (Å²) in [6.45, 7) is 0.835. The van der Waals surface area contributed by atoms with E-state index in [-0.39, 0.29) is 18.2 Å². The van der Waals surface area contributed by atoms with Gasteiger partial charge in [0.05, 0.1) is 13.2 Å². The molecule has 1 saturated carbocycles. The molecule has 1 aromatic carbocycles. The van der Waals surface area contributed by atoms with Crippen LogP contribution in [0.15, 0.2) is 24.3 Å². The zero-order chi connectivity index (χ0) is 14.5. The van der Waals surface area contributed by atoms with Crippen molar-refractivity contribution in [2.75, 3.05) is 27.7 Å². The van der Waals surface area contributed by atoms with Crippen LogP contribution in [0.1, 0.15) is 30.9 Å². The summed E-state index contributed by atoms with van der Waals surface area (Å²) in [5, 5.41) is 13.4. The van der Waals surface area contributed by atoms with Gasteiger partial charge in [-0.05, 0) is 51.1 Å². The van der Waals surface area contributed by atoms with Gasteiger partial charge in [-0.25, -0.2) is 0 Å². The molecule has 2 rings (SSSR count). The van der Waals surface area contributed by atoms with Gasteiger partial charge in [-0.1, -0.05) is 12.1 Å². The third kappa shape index (κ3) is 3.72. The second-order valence-electron chi connectivity index (χ2n) is 5.77. The summed E-state index contributed by atoms with van der Waals surface area (Å²) in [4.78, 5) is 2.20. The smallest absolute Gasteiger partial charge is 0.119 e. The van der Waals surface area contributed by atoms with E-state index in [9.17, 15) is 5.11 Å². The molecular formula is C16H26N2O2. The fraction of sp³-hybridized carbons (Fsp3) is 0.625. The lowest BCUT2D eigenvalue weighted by molar-refractivity contribution is 0.143. The molecule has 1 aliphatic carbocycles. The fourth-order valence-electron chi connectivity index (χ4n) is 2.89. The highest BCUT2D eigenvalue weighted by Crippen LogP contribution is 2.24. The average molecular weight is 278 g/mol. The number of aliphatic hydroxyl groups is 1. The number of aliphatic hydroxyl groups excluding tert-OH is 1. The molecule has 1 fully saturated rings. The third-order valence-electron chi connectivity index (χ3n) is 4.15. The van der Waals surface area contributed by atoms with Crippen LogP contribution < -0.4 is 10.1 Å². The Morgan fingerprint density at radius 1 is 1.40 bits per heavy atom. The molecule has 0 heterocycles. The maximum absolute atomic E-state index is 9.90. The molecule has 0 aliphatic heterocycles. The van der Waals surface area contributed by atoms with Crippen LogP contribution in [0.25, 0.3) is 0 Å². The molecule has 0 amide bonds. The summed E-state index contributed by atoms with van der Waals surface area (Å²) in [5.41, 5.74) is 1.23. The second kappa shape index (κ2) is 7.07. The van der Waals surface area contributed by atoms with Gasteiger partial charge in [0.1, 0.15) is 5.75 Å². The number of ether oxygens (including phenoxy) is 1. The van der Waals surface area contributed by atoms with E-state index in [2.05, 4.69) is 36.4 Å². The highest BCUT2D eigenvalue weighted by molar-refractivity contribution is 5.30. The predicted octanol–water partition coefficient (Wildman–Crippen LogP) is 1.80. The lowest BCUT2D eigenvalue weighted by Crippen LogP contribution is -2.40. The van der Waals surface area contributed by atoms with Crippen molar-refractivity contribution >= 4 is 0 Å². The largest absolute Gasteiger partial charge is 0.497 e. The molecular weight excluding hydrogens is 252 g/mol. The van der Waals surface area contributed by atoms with Crippen molar-refractivity contribution in [3.63, 3.8) is 0 Å². The van der Waals surface area contributed by atoms with Crippen molar-refractivity contribution in [2.24, 2.45) is 0 Å². The summed E-state index contributed by atoms with van der Waals surface area (Å²) in [5.74, 6) is 0.884. The zero-order valence-electron chi connectivity index (χ0n) is 12.7. The first kappa shape index (κ1) is 15.3. The maximum Gasteiger partial charge on any atom is 0.119 e. The number of hydrogen-bond acceptors (Lipinski definition) is 4. The van der Waals surface area contributed by atoms with E-state index >= 15 is 0 Å². The summed E-state index contributed by atoms with van der Waals surface area (Å²) in [6, 6.07) is 8.71. The number of nitrogens with zero attached hydrogens (tertiary/aromatic N) is 1. The Balaban J connectivity index is 2.02. The Labute approximate surface area is 121 Å². The van der Waals surface area contributed by atoms with Crippen LogP contribution in [0.3, 0.4) is 0 Å². The number of benzene rings is 1. The van der Waals surface area contributed by atoms with Gasteiger partial charge in [0.15, 0.2) is 0 Å². The van der Waals surface area contributed by atoms with Crippen molar-refractivity contribution in [2.45, 2.75) is 37.5 Å². The topological polar surface area (TPSA) is 44.7 Å². The quantitative estimate of drug-likeness (QED) is 0.833. The van der Waals surface area contributed by atoms with E-state index in [0.717, 1.165) is 31.6 Å². The van der Waals surface area contributed by atoms with E-state index in [1.165, 1.54) is 5.56 Å². The molecule has 0 aromatic heterocycles. The van der Waals surface area contributed by atoms with Gasteiger partial charge >= 0.3 is 0 Å². The molecule has 4 heteroatoms. The Morgan fingerprint density at radius 2 is 2.20 bits per heavy atom. The third-order valence-corrected chi connectivity index (χ3v) is 4.15. The van der Waals surface area contributed by atoms with Crippen molar-refractivity contribution in [1.82, 2.24) is 10.2 Å². The first-order chi connectivity index (χ1) is 9.61. The minimum Gasteiger partial charge on any atom is -0.497 e.